The number of unbranched alkanes of at least 4 members (excludes halogenated alkanes) is 18. The lowest BCUT2D eigenvalue weighted by Gasteiger charge is -2.20. The Kier molecular flexibility index (Phi) is 48.2. The molecule has 0 aromatic heterocycles. The van der Waals surface area contributed by atoms with Gasteiger partial charge in [0.25, 0.3) is 0 Å². The van der Waals surface area contributed by atoms with Crippen molar-refractivity contribution in [2.24, 2.45) is 11.8 Å². The van der Waals surface area contributed by atoms with Crippen LogP contribution >= 0.6 is 0 Å². The third kappa shape index (κ3) is 42.3. The smallest absolute Gasteiger partial charge is 0.119 e. The van der Waals surface area contributed by atoms with Crippen molar-refractivity contribution in [2.75, 3.05) is 72.9 Å². The number of rotatable bonds is 47. The Morgan fingerprint density at radius 3 is 1.63 bits per heavy atom. The molecule has 0 radical (unpaired) electrons. The molecule has 60 heavy (non-hydrogen) atoms. The summed E-state index contributed by atoms with van der Waals surface area (Å²) in [5, 5.41) is 3.72. The van der Waals surface area contributed by atoms with Crippen LogP contribution in [-0.2, 0) is 23.7 Å². The van der Waals surface area contributed by atoms with Crippen LogP contribution < -0.4 is 5.32 Å². The van der Waals surface area contributed by atoms with Crippen LogP contribution in [0, 0.1) is 11.8 Å². The van der Waals surface area contributed by atoms with Crippen molar-refractivity contribution in [3.05, 3.63) is 12.3 Å². The maximum Gasteiger partial charge on any atom is 0.119 e. The van der Waals surface area contributed by atoms with Crippen LogP contribution in [0.2, 0.25) is 0 Å². The van der Waals surface area contributed by atoms with Crippen molar-refractivity contribution in [1.29, 1.82) is 0 Å². The third-order valence-corrected chi connectivity index (χ3v) is 12.3. The van der Waals surface area contributed by atoms with Gasteiger partial charge in [0.05, 0.1) is 31.6 Å². The summed E-state index contributed by atoms with van der Waals surface area (Å²) in [6, 6.07) is 0.267. The van der Waals surface area contributed by atoms with Crippen molar-refractivity contribution in [2.45, 2.75) is 239 Å². The van der Waals surface area contributed by atoms with Gasteiger partial charge in [0, 0.05) is 39.8 Å². The van der Waals surface area contributed by atoms with Crippen molar-refractivity contribution in [1.82, 2.24) is 10.2 Å². The molecule has 1 aliphatic rings. The molecule has 3 unspecified atom stereocenters. The number of allylic oxidation sites excluding steroid dienone is 1. The first-order chi connectivity index (χ1) is 29.5. The van der Waals surface area contributed by atoms with Crippen molar-refractivity contribution in [3.8, 4) is 0 Å². The summed E-state index contributed by atoms with van der Waals surface area (Å²) in [5.41, 5.74) is 0. The molecule has 7 nitrogen and oxygen atoms in total. The summed E-state index contributed by atoms with van der Waals surface area (Å²) in [6.45, 7) is 23.1. The Bertz CT molecular complexity index is 853. The molecule has 1 aliphatic heterocycles. The van der Waals surface area contributed by atoms with E-state index in [0.717, 1.165) is 96.3 Å². The maximum atomic E-state index is 10.4. The first-order valence-corrected chi connectivity index (χ1v) is 26.4. The standard InChI is InChI=1S/C40H78N2O4.C13H28O/c1-4-6-8-17-27-39(26-7-5-2)35-46-38(3)25-16-12-11-15-24-34-45-37-40(36-44-33-23-14-10-9-13-22-32-43)41-28-18-19-29-42-30-20-21-31-42;1-4-6-8-9-11-13(12-14-3)10-7-5-2/h32,39-41H,3-31,33-37H2,1-2H3;13H,4-12H2,1-3H3. The maximum absolute atomic E-state index is 10.4. The molecule has 3 atom stereocenters. The minimum Gasteiger partial charge on any atom is -0.498 e. The Labute approximate surface area is 375 Å². The average molecular weight is 851 g/mol. The number of nitrogens with zero attached hydrogens (tertiary/aromatic N) is 1. The fourth-order valence-corrected chi connectivity index (χ4v) is 8.28. The highest BCUT2D eigenvalue weighted by atomic mass is 16.5. The molecule has 1 fully saturated rings. The highest BCUT2D eigenvalue weighted by molar-refractivity contribution is 5.48. The van der Waals surface area contributed by atoms with Crippen LogP contribution in [0.1, 0.15) is 233 Å². The topological polar surface area (TPSA) is 69.3 Å². The summed E-state index contributed by atoms with van der Waals surface area (Å²) in [4.78, 5) is 13.0. The van der Waals surface area contributed by atoms with Gasteiger partial charge in [-0.15, -0.1) is 0 Å². The minimum absolute atomic E-state index is 0.267. The van der Waals surface area contributed by atoms with Gasteiger partial charge in [0.2, 0.25) is 0 Å². The van der Waals surface area contributed by atoms with Gasteiger partial charge in [-0.05, 0) is 115 Å². The molecule has 1 heterocycles. The molecule has 0 saturated carbocycles. The Balaban J connectivity index is 0.00000211. The van der Waals surface area contributed by atoms with Gasteiger partial charge in [-0.1, -0.05) is 150 Å². The zero-order valence-corrected chi connectivity index (χ0v) is 41.2. The fourth-order valence-electron chi connectivity index (χ4n) is 8.28. The normalized spacial score (nSPS) is 14.5. The Morgan fingerprint density at radius 1 is 0.583 bits per heavy atom. The number of ether oxygens (including phenoxy) is 4. The van der Waals surface area contributed by atoms with E-state index in [1.165, 1.54) is 187 Å². The van der Waals surface area contributed by atoms with Crippen LogP contribution in [0.15, 0.2) is 12.3 Å². The van der Waals surface area contributed by atoms with Gasteiger partial charge < -0.3 is 34.0 Å². The molecule has 0 amide bonds. The van der Waals surface area contributed by atoms with E-state index in [2.05, 4.69) is 44.5 Å². The van der Waals surface area contributed by atoms with Crippen LogP contribution in [0.5, 0.6) is 0 Å². The number of hydrogen-bond donors (Lipinski definition) is 1. The van der Waals surface area contributed by atoms with E-state index in [9.17, 15) is 4.79 Å². The Morgan fingerprint density at radius 2 is 1.08 bits per heavy atom. The van der Waals surface area contributed by atoms with Gasteiger partial charge in [0.1, 0.15) is 6.29 Å². The minimum atomic E-state index is 0.267. The Hall–Kier alpha value is -0.990. The van der Waals surface area contributed by atoms with E-state index in [1.54, 1.807) is 0 Å². The number of carbonyl (C=O) groups is 1. The van der Waals surface area contributed by atoms with Gasteiger partial charge in [0.15, 0.2) is 0 Å². The molecule has 0 bridgehead atoms. The predicted octanol–water partition coefficient (Wildman–Crippen LogP) is 14.5. The second-order valence-electron chi connectivity index (χ2n) is 18.3. The van der Waals surface area contributed by atoms with E-state index in [1.807, 2.05) is 7.11 Å². The van der Waals surface area contributed by atoms with Gasteiger partial charge in [-0.3, -0.25) is 0 Å². The predicted molar refractivity (Wildman–Crippen MR) is 260 cm³/mol. The number of carbonyl (C=O) groups excluding carboxylic acids is 1. The van der Waals surface area contributed by atoms with Crippen molar-refractivity contribution >= 4 is 6.29 Å². The molecule has 358 valence electrons. The molecule has 0 aliphatic carbocycles. The lowest BCUT2D eigenvalue weighted by molar-refractivity contribution is -0.107. The molecule has 1 saturated heterocycles. The summed E-state index contributed by atoms with van der Waals surface area (Å²) >= 11 is 0. The van der Waals surface area contributed by atoms with Crippen LogP contribution in [0.3, 0.4) is 0 Å². The summed E-state index contributed by atoms with van der Waals surface area (Å²) < 4.78 is 23.6. The van der Waals surface area contributed by atoms with Crippen LogP contribution in [0.4, 0.5) is 0 Å². The highest BCUT2D eigenvalue weighted by Crippen LogP contribution is 2.21. The number of methoxy groups -OCH3 is 1. The largest absolute Gasteiger partial charge is 0.498 e. The van der Waals surface area contributed by atoms with Crippen molar-refractivity contribution < 1.29 is 23.7 Å². The quantitative estimate of drug-likeness (QED) is 0.0371. The first-order valence-electron chi connectivity index (χ1n) is 26.4. The van der Waals surface area contributed by atoms with E-state index in [0.29, 0.717) is 12.3 Å². The molecule has 0 aromatic carbocycles. The van der Waals surface area contributed by atoms with Gasteiger partial charge in [-0.25, -0.2) is 0 Å². The van der Waals surface area contributed by atoms with Crippen LogP contribution in [-0.4, -0.2) is 90.2 Å². The van der Waals surface area contributed by atoms with E-state index < -0.39 is 0 Å². The molecule has 0 spiro atoms. The molecule has 1 N–H and O–H groups in total. The van der Waals surface area contributed by atoms with Gasteiger partial charge >= 0.3 is 0 Å². The van der Waals surface area contributed by atoms with E-state index >= 15 is 0 Å². The molecular weight excluding hydrogens is 745 g/mol. The second kappa shape index (κ2) is 49.0. The second-order valence-corrected chi connectivity index (χ2v) is 18.3. The summed E-state index contributed by atoms with van der Waals surface area (Å²) in [5.74, 6) is 2.51. The monoisotopic (exact) mass is 851 g/mol. The highest BCUT2D eigenvalue weighted by Gasteiger charge is 2.13. The molecule has 7 heteroatoms. The zero-order chi connectivity index (χ0) is 43.8. The van der Waals surface area contributed by atoms with Crippen molar-refractivity contribution in [3.63, 3.8) is 0 Å². The number of likely N-dealkylation sites (tertiary alicyclic amines) is 1. The lowest BCUT2D eigenvalue weighted by Crippen LogP contribution is -2.38. The zero-order valence-electron chi connectivity index (χ0n) is 41.2. The fraction of sp³-hybridized carbons (Fsp3) is 0.943. The van der Waals surface area contributed by atoms with Crippen LogP contribution in [0.25, 0.3) is 0 Å². The number of nitrogens with one attached hydrogen (secondary N) is 1. The summed E-state index contributed by atoms with van der Waals surface area (Å²) in [7, 11) is 1.82. The first kappa shape index (κ1) is 59.0. The summed E-state index contributed by atoms with van der Waals surface area (Å²) in [6.07, 6.45) is 41.1. The van der Waals surface area contributed by atoms with E-state index in [-0.39, 0.29) is 6.04 Å². The number of aldehydes is 1. The van der Waals surface area contributed by atoms with Gasteiger partial charge in [-0.2, -0.15) is 0 Å². The third-order valence-electron chi connectivity index (χ3n) is 12.3. The SMILES string of the molecule is C=C(CCCCCCCOCC(COCCCCCCCC=O)NCCCCN1CCCC1)OCC(CCCC)CCCCCC.CCCCCCC(CCCC)COC. The molecular formula is C53H106N2O5. The lowest BCUT2D eigenvalue weighted by atomic mass is 9.96. The molecule has 0 aromatic rings. The van der Waals surface area contributed by atoms with E-state index in [4.69, 9.17) is 18.9 Å². The molecule has 1 rings (SSSR count). The number of hydrogen-bond acceptors (Lipinski definition) is 7. The average Bonchev–Trinajstić information content (AvgIpc) is 3.78.